The molecule has 2 aromatic rings. The molecule has 2 unspecified atom stereocenters. The van der Waals surface area contributed by atoms with E-state index in [1.807, 2.05) is 0 Å². The van der Waals surface area contributed by atoms with Crippen molar-refractivity contribution in [2.24, 2.45) is 0 Å². The number of ether oxygens (including phenoxy) is 2. The number of fused-ring (bicyclic) bond motifs is 5. The van der Waals surface area contributed by atoms with Crippen LogP contribution in [0, 0.1) is 17.1 Å². The molecular formula is C18H12FNO3. The number of carbonyl (C=O) groups excluding carboxylic acids is 1. The molecule has 0 saturated carbocycles. The van der Waals surface area contributed by atoms with E-state index in [9.17, 15) is 9.18 Å². The van der Waals surface area contributed by atoms with Crippen molar-refractivity contribution in [2.75, 3.05) is 6.61 Å². The molecule has 2 aliphatic heterocycles. The largest absolute Gasteiger partial charge is 0.493 e. The van der Waals surface area contributed by atoms with E-state index in [1.54, 1.807) is 24.3 Å². The molecule has 5 heteroatoms. The summed E-state index contributed by atoms with van der Waals surface area (Å²) in [4.78, 5) is 12.5. The van der Waals surface area contributed by atoms with Crippen molar-refractivity contribution in [2.45, 2.75) is 18.3 Å². The van der Waals surface area contributed by atoms with Crippen molar-refractivity contribution in [3.8, 4) is 17.6 Å². The maximum absolute atomic E-state index is 13.4. The summed E-state index contributed by atoms with van der Waals surface area (Å²) >= 11 is 0. The van der Waals surface area contributed by atoms with E-state index in [1.165, 1.54) is 12.1 Å². The van der Waals surface area contributed by atoms with E-state index in [-0.39, 0.29) is 11.7 Å². The molecule has 23 heavy (non-hydrogen) atoms. The Labute approximate surface area is 132 Å². The number of carbonyl (C=O) groups is 1. The Hall–Kier alpha value is -2.87. The van der Waals surface area contributed by atoms with E-state index < -0.39 is 17.7 Å². The highest BCUT2D eigenvalue weighted by Crippen LogP contribution is 2.48. The van der Waals surface area contributed by atoms with Crippen molar-refractivity contribution in [3.05, 3.63) is 58.9 Å². The number of halogens is 1. The van der Waals surface area contributed by atoms with Crippen LogP contribution >= 0.6 is 0 Å². The normalized spacial score (nSPS) is 21.7. The third-order valence-electron chi connectivity index (χ3n) is 4.41. The Morgan fingerprint density at radius 2 is 1.96 bits per heavy atom. The van der Waals surface area contributed by atoms with E-state index in [0.29, 0.717) is 29.9 Å². The lowest BCUT2D eigenvalue weighted by atomic mass is 9.78. The van der Waals surface area contributed by atoms with Gasteiger partial charge >= 0.3 is 5.97 Å². The van der Waals surface area contributed by atoms with E-state index in [2.05, 4.69) is 6.07 Å². The summed E-state index contributed by atoms with van der Waals surface area (Å²) in [7, 11) is 0. The average Bonchev–Trinajstić information content (AvgIpc) is 2.73. The number of nitrogens with zero attached hydrogens (tertiary/aromatic N) is 1. The predicted molar refractivity (Wildman–Crippen MR) is 78.8 cm³/mol. The molecular weight excluding hydrogens is 297 g/mol. The van der Waals surface area contributed by atoms with Crippen LogP contribution in [-0.4, -0.2) is 12.6 Å². The van der Waals surface area contributed by atoms with Crippen LogP contribution in [0.2, 0.25) is 0 Å². The van der Waals surface area contributed by atoms with Crippen LogP contribution in [0.3, 0.4) is 0 Å². The monoisotopic (exact) mass is 309 g/mol. The Morgan fingerprint density at radius 3 is 2.78 bits per heavy atom. The fraction of sp³-hybridized carbons (Fsp3) is 0.222. The van der Waals surface area contributed by atoms with Gasteiger partial charge in [0.25, 0.3) is 0 Å². The number of esters is 1. The minimum atomic E-state index is -0.502. The van der Waals surface area contributed by atoms with Gasteiger partial charge < -0.3 is 9.47 Å². The lowest BCUT2D eigenvalue weighted by molar-refractivity contribution is -0.138. The molecule has 0 saturated heterocycles. The van der Waals surface area contributed by atoms with Gasteiger partial charge in [-0.05, 0) is 30.2 Å². The van der Waals surface area contributed by atoms with Crippen LogP contribution in [0.1, 0.15) is 34.9 Å². The first-order valence-electron chi connectivity index (χ1n) is 7.35. The standard InChI is InChI=1S/C18H12FNO3/c19-11-2-4-12-13-5-6-22-15-7-10(9-20)1-3-14(15)17(13)18(21)23-16(12)8-11/h1-4,7-8,13,17H,5-6H2. The summed E-state index contributed by atoms with van der Waals surface area (Å²) in [5.41, 5.74) is 2.01. The van der Waals surface area contributed by atoms with Crippen LogP contribution in [0.4, 0.5) is 4.39 Å². The summed E-state index contributed by atoms with van der Waals surface area (Å²) < 4.78 is 24.5. The molecule has 4 nitrogen and oxygen atoms in total. The first-order chi connectivity index (χ1) is 11.2. The number of rotatable bonds is 0. The zero-order chi connectivity index (χ0) is 16.0. The molecule has 0 amide bonds. The molecule has 2 heterocycles. The Balaban J connectivity index is 1.87. The van der Waals surface area contributed by atoms with Crippen molar-refractivity contribution in [1.82, 2.24) is 0 Å². The average molecular weight is 309 g/mol. The zero-order valence-electron chi connectivity index (χ0n) is 12.1. The van der Waals surface area contributed by atoms with Gasteiger partial charge in [-0.25, -0.2) is 4.39 Å². The van der Waals surface area contributed by atoms with Gasteiger partial charge in [0.15, 0.2) is 0 Å². The maximum atomic E-state index is 13.4. The van der Waals surface area contributed by atoms with Crippen LogP contribution in [0.5, 0.6) is 11.5 Å². The molecule has 4 rings (SSSR count). The van der Waals surface area contributed by atoms with E-state index in [0.717, 1.165) is 5.56 Å². The third-order valence-corrected chi connectivity index (χ3v) is 4.41. The maximum Gasteiger partial charge on any atom is 0.319 e. The molecule has 2 aromatic carbocycles. The van der Waals surface area contributed by atoms with Gasteiger partial charge in [-0.15, -0.1) is 0 Å². The lowest BCUT2D eigenvalue weighted by Gasteiger charge is -2.30. The first kappa shape index (κ1) is 13.8. The smallest absolute Gasteiger partial charge is 0.319 e. The number of nitriles is 1. The molecule has 0 aromatic heterocycles. The van der Waals surface area contributed by atoms with Gasteiger partial charge in [0.05, 0.1) is 24.2 Å². The van der Waals surface area contributed by atoms with Gasteiger partial charge in [0, 0.05) is 17.5 Å². The highest BCUT2D eigenvalue weighted by atomic mass is 19.1. The fourth-order valence-corrected chi connectivity index (χ4v) is 3.37. The minimum Gasteiger partial charge on any atom is -0.493 e. The highest BCUT2D eigenvalue weighted by Gasteiger charge is 2.41. The molecule has 0 radical (unpaired) electrons. The van der Waals surface area contributed by atoms with Gasteiger partial charge in [-0.1, -0.05) is 12.1 Å². The van der Waals surface area contributed by atoms with Crippen LogP contribution in [0.25, 0.3) is 0 Å². The number of hydrogen-bond donors (Lipinski definition) is 0. The van der Waals surface area contributed by atoms with Gasteiger partial charge in [0.2, 0.25) is 0 Å². The van der Waals surface area contributed by atoms with E-state index >= 15 is 0 Å². The summed E-state index contributed by atoms with van der Waals surface area (Å²) in [6.07, 6.45) is 0.620. The summed E-state index contributed by atoms with van der Waals surface area (Å²) in [6.45, 7) is 0.424. The summed E-state index contributed by atoms with van der Waals surface area (Å²) in [5, 5.41) is 9.02. The molecule has 2 aliphatic rings. The lowest BCUT2D eigenvalue weighted by Crippen LogP contribution is -2.29. The number of hydrogen-bond acceptors (Lipinski definition) is 4. The predicted octanol–water partition coefficient (Wildman–Crippen LogP) is 3.27. The Morgan fingerprint density at radius 1 is 1.13 bits per heavy atom. The molecule has 114 valence electrons. The summed E-state index contributed by atoms with van der Waals surface area (Å²) in [6, 6.07) is 11.4. The Bertz CT molecular complexity index is 856. The molecule has 0 spiro atoms. The third kappa shape index (κ3) is 2.15. The van der Waals surface area contributed by atoms with Crippen LogP contribution in [0.15, 0.2) is 36.4 Å². The second-order valence-electron chi connectivity index (χ2n) is 5.69. The molecule has 0 bridgehead atoms. The topological polar surface area (TPSA) is 59.3 Å². The van der Waals surface area contributed by atoms with Crippen molar-refractivity contribution in [3.63, 3.8) is 0 Å². The molecule has 0 fully saturated rings. The molecule has 2 atom stereocenters. The zero-order valence-corrected chi connectivity index (χ0v) is 12.1. The Kier molecular flexibility index (Phi) is 3.05. The molecule has 0 N–H and O–H groups in total. The van der Waals surface area contributed by atoms with Crippen molar-refractivity contribution < 1.29 is 18.7 Å². The second kappa shape index (κ2) is 5.10. The van der Waals surface area contributed by atoms with Gasteiger partial charge in [-0.2, -0.15) is 5.26 Å². The van der Waals surface area contributed by atoms with Gasteiger partial charge in [0.1, 0.15) is 17.3 Å². The van der Waals surface area contributed by atoms with Crippen LogP contribution in [-0.2, 0) is 4.79 Å². The van der Waals surface area contributed by atoms with Gasteiger partial charge in [-0.3, -0.25) is 4.79 Å². The molecule has 0 aliphatic carbocycles. The second-order valence-corrected chi connectivity index (χ2v) is 5.69. The van der Waals surface area contributed by atoms with E-state index in [4.69, 9.17) is 14.7 Å². The first-order valence-corrected chi connectivity index (χ1v) is 7.35. The quantitative estimate of drug-likeness (QED) is 0.553. The minimum absolute atomic E-state index is 0.124. The van der Waals surface area contributed by atoms with Crippen molar-refractivity contribution >= 4 is 5.97 Å². The highest BCUT2D eigenvalue weighted by molar-refractivity contribution is 5.85. The van der Waals surface area contributed by atoms with Crippen molar-refractivity contribution in [1.29, 1.82) is 5.26 Å². The summed E-state index contributed by atoms with van der Waals surface area (Å²) in [5.74, 6) is -0.643. The van der Waals surface area contributed by atoms with Crippen LogP contribution < -0.4 is 9.47 Å². The number of benzene rings is 2. The SMILES string of the molecule is N#Cc1ccc2c(c1)OCCC1c3ccc(F)cc3OC(=O)C21. The fourth-order valence-electron chi connectivity index (χ4n) is 3.37.